The van der Waals surface area contributed by atoms with Crippen molar-refractivity contribution in [1.82, 2.24) is 5.32 Å². The van der Waals surface area contributed by atoms with Gasteiger partial charge in [-0.15, -0.1) is 12.3 Å². The molecule has 0 saturated heterocycles. The summed E-state index contributed by atoms with van der Waals surface area (Å²) >= 11 is 0. The molecule has 0 radical (unpaired) electrons. The van der Waals surface area contributed by atoms with E-state index < -0.39 is 24.0 Å². The first-order valence-corrected chi connectivity index (χ1v) is 5.03. The van der Waals surface area contributed by atoms with Crippen molar-refractivity contribution in [2.75, 3.05) is 0 Å². The average molecular weight is 227 g/mol. The molecule has 3 N–H and O–H groups in total. The molecule has 0 aliphatic heterocycles. The second-order valence-corrected chi connectivity index (χ2v) is 3.95. The summed E-state index contributed by atoms with van der Waals surface area (Å²) in [6.07, 6.45) is 3.96. The lowest BCUT2D eigenvalue weighted by Gasteiger charge is -2.16. The third kappa shape index (κ3) is 5.37. The molecule has 1 amide bonds. The third-order valence-corrected chi connectivity index (χ3v) is 1.93. The molecule has 0 fully saturated rings. The lowest BCUT2D eigenvalue weighted by molar-refractivity contribution is -0.143. The number of carboxylic acid groups (broad SMARTS) is 1. The van der Waals surface area contributed by atoms with Crippen LogP contribution in [-0.2, 0) is 9.59 Å². The number of hydrogen-bond donors (Lipinski definition) is 3. The van der Waals surface area contributed by atoms with Crippen LogP contribution in [0.2, 0.25) is 0 Å². The van der Waals surface area contributed by atoms with Gasteiger partial charge in [0.1, 0.15) is 12.1 Å². The highest BCUT2D eigenvalue weighted by Gasteiger charge is 2.23. The Hall–Kier alpha value is -1.54. The van der Waals surface area contributed by atoms with Gasteiger partial charge in [-0.3, -0.25) is 4.79 Å². The predicted molar refractivity (Wildman–Crippen MR) is 58.5 cm³/mol. The van der Waals surface area contributed by atoms with Crippen LogP contribution in [0.5, 0.6) is 0 Å². The number of terminal acetylenes is 1. The van der Waals surface area contributed by atoms with Crippen molar-refractivity contribution in [2.24, 2.45) is 5.92 Å². The molecular formula is C11H17NO4. The fraction of sp³-hybridized carbons (Fsp3) is 0.636. The Morgan fingerprint density at radius 1 is 1.44 bits per heavy atom. The number of amides is 1. The minimum absolute atomic E-state index is 0.102. The van der Waals surface area contributed by atoms with Crippen LogP contribution in [0.1, 0.15) is 26.7 Å². The van der Waals surface area contributed by atoms with E-state index >= 15 is 0 Å². The molecule has 0 bridgehead atoms. The zero-order valence-electron chi connectivity index (χ0n) is 9.43. The van der Waals surface area contributed by atoms with E-state index in [0.717, 1.165) is 0 Å². The first kappa shape index (κ1) is 14.5. The van der Waals surface area contributed by atoms with E-state index in [2.05, 4.69) is 11.2 Å². The molecular weight excluding hydrogens is 210 g/mol. The van der Waals surface area contributed by atoms with Crippen molar-refractivity contribution in [3.63, 3.8) is 0 Å². The van der Waals surface area contributed by atoms with Gasteiger partial charge in [0, 0.05) is 6.42 Å². The molecule has 0 aliphatic carbocycles. The molecule has 0 aromatic carbocycles. The van der Waals surface area contributed by atoms with E-state index in [1.54, 1.807) is 0 Å². The Bertz CT molecular complexity index is 293. The van der Waals surface area contributed by atoms with Crippen molar-refractivity contribution >= 4 is 11.9 Å². The fourth-order valence-corrected chi connectivity index (χ4v) is 1.14. The van der Waals surface area contributed by atoms with Gasteiger partial charge in [-0.2, -0.15) is 0 Å². The summed E-state index contributed by atoms with van der Waals surface area (Å²) < 4.78 is 0. The van der Waals surface area contributed by atoms with Crippen LogP contribution in [0.4, 0.5) is 0 Å². The third-order valence-electron chi connectivity index (χ3n) is 1.93. The minimum Gasteiger partial charge on any atom is -0.480 e. The lowest BCUT2D eigenvalue weighted by Crippen LogP contribution is -2.45. The maximum Gasteiger partial charge on any atom is 0.327 e. The largest absolute Gasteiger partial charge is 0.480 e. The molecule has 16 heavy (non-hydrogen) atoms. The van der Waals surface area contributed by atoms with E-state index in [-0.39, 0.29) is 18.8 Å². The number of carbonyl (C=O) groups is 2. The first-order valence-electron chi connectivity index (χ1n) is 5.03. The summed E-state index contributed by atoms with van der Waals surface area (Å²) in [6.45, 7) is 3.71. The van der Waals surface area contributed by atoms with Gasteiger partial charge in [-0.05, 0) is 12.3 Å². The summed E-state index contributed by atoms with van der Waals surface area (Å²) in [4.78, 5) is 22.1. The van der Waals surface area contributed by atoms with E-state index in [9.17, 15) is 14.7 Å². The van der Waals surface area contributed by atoms with Gasteiger partial charge in [0.05, 0.1) is 0 Å². The molecule has 2 atom stereocenters. The number of hydrogen-bond acceptors (Lipinski definition) is 3. The van der Waals surface area contributed by atoms with Crippen LogP contribution < -0.4 is 5.32 Å². The van der Waals surface area contributed by atoms with Crippen molar-refractivity contribution in [3.05, 3.63) is 0 Å². The zero-order chi connectivity index (χ0) is 12.7. The van der Waals surface area contributed by atoms with Crippen molar-refractivity contribution in [3.8, 4) is 12.3 Å². The second-order valence-electron chi connectivity index (χ2n) is 3.95. The summed E-state index contributed by atoms with van der Waals surface area (Å²) in [5.41, 5.74) is 0. The van der Waals surface area contributed by atoms with Gasteiger partial charge in [0.2, 0.25) is 5.91 Å². The Labute approximate surface area is 94.8 Å². The summed E-state index contributed by atoms with van der Waals surface area (Å²) in [5.74, 6) is 0.403. The Morgan fingerprint density at radius 2 is 2.00 bits per heavy atom. The summed E-state index contributed by atoms with van der Waals surface area (Å²) in [6, 6.07) is -1.14. The lowest BCUT2D eigenvalue weighted by atomic mass is 10.1. The van der Waals surface area contributed by atoms with Gasteiger partial charge in [0.15, 0.2) is 0 Å². The van der Waals surface area contributed by atoms with Crippen LogP contribution in [0.15, 0.2) is 0 Å². The van der Waals surface area contributed by atoms with E-state index in [0.29, 0.717) is 0 Å². The van der Waals surface area contributed by atoms with E-state index in [4.69, 9.17) is 11.5 Å². The molecule has 0 heterocycles. The van der Waals surface area contributed by atoms with Gasteiger partial charge >= 0.3 is 5.97 Å². The van der Waals surface area contributed by atoms with Crippen LogP contribution in [-0.4, -0.2) is 34.2 Å². The second kappa shape index (κ2) is 6.85. The van der Waals surface area contributed by atoms with Crippen LogP contribution in [0.3, 0.4) is 0 Å². The van der Waals surface area contributed by atoms with E-state index in [1.807, 2.05) is 13.8 Å². The fourth-order valence-electron chi connectivity index (χ4n) is 1.14. The predicted octanol–water partition coefficient (Wildman–Crippen LogP) is -0.0139. The SMILES string of the molecule is C#CC[C@H](NC(=O)[C@H](O)CC(C)C)C(=O)O. The Kier molecular flexibility index (Phi) is 6.19. The number of aliphatic hydroxyl groups is 1. The van der Waals surface area contributed by atoms with Gasteiger partial charge < -0.3 is 15.5 Å². The number of nitrogens with one attached hydrogen (secondary N) is 1. The number of rotatable bonds is 6. The topological polar surface area (TPSA) is 86.6 Å². The average Bonchev–Trinajstić information content (AvgIpc) is 2.15. The number of carboxylic acids is 1. The molecule has 0 aromatic heterocycles. The van der Waals surface area contributed by atoms with Crippen LogP contribution in [0, 0.1) is 18.3 Å². The van der Waals surface area contributed by atoms with Crippen molar-refractivity contribution in [1.29, 1.82) is 0 Å². The Balaban J connectivity index is 4.30. The van der Waals surface area contributed by atoms with Gasteiger partial charge in [0.25, 0.3) is 0 Å². The molecule has 0 unspecified atom stereocenters. The molecule has 0 rings (SSSR count). The highest BCUT2D eigenvalue weighted by atomic mass is 16.4. The monoisotopic (exact) mass is 227 g/mol. The highest BCUT2D eigenvalue weighted by Crippen LogP contribution is 2.05. The smallest absolute Gasteiger partial charge is 0.327 e. The van der Waals surface area contributed by atoms with Gasteiger partial charge in [-0.25, -0.2) is 4.79 Å². The highest BCUT2D eigenvalue weighted by molar-refractivity contribution is 5.86. The zero-order valence-corrected chi connectivity index (χ0v) is 9.43. The van der Waals surface area contributed by atoms with Crippen molar-refractivity contribution < 1.29 is 19.8 Å². The van der Waals surface area contributed by atoms with Gasteiger partial charge in [-0.1, -0.05) is 13.8 Å². The molecule has 5 heteroatoms. The molecule has 0 spiro atoms. The van der Waals surface area contributed by atoms with E-state index in [1.165, 1.54) is 0 Å². The summed E-state index contributed by atoms with van der Waals surface area (Å²) in [5, 5.41) is 20.3. The van der Waals surface area contributed by atoms with Crippen molar-refractivity contribution in [2.45, 2.75) is 38.8 Å². The minimum atomic E-state index is -1.21. The number of aliphatic carboxylic acids is 1. The maximum atomic E-state index is 11.4. The quantitative estimate of drug-likeness (QED) is 0.557. The summed E-state index contributed by atoms with van der Waals surface area (Å²) in [7, 11) is 0. The molecule has 0 aliphatic rings. The molecule has 0 saturated carbocycles. The van der Waals surface area contributed by atoms with Crippen LogP contribution in [0.25, 0.3) is 0 Å². The normalized spacial score (nSPS) is 13.9. The molecule has 0 aromatic rings. The Morgan fingerprint density at radius 3 is 2.38 bits per heavy atom. The number of carbonyl (C=O) groups excluding carboxylic acids is 1. The van der Waals surface area contributed by atoms with Crippen LogP contribution >= 0.6 is 0 Å². The standard InChI is InChI=1S/C11H17NO4/c1-4-5-8(11(15)16)12-10(14)9(13)6-7(2)3/h1,7-9,13H,5-6H2,2-3H3,(H,12,14)(H,15,16)/t8-,9+/m0/s1. The maximum absolute atomic E-state index is 11.4. The molecule has 90 valence electrons. The molecule has 5 nitrogen and oxygen atoms in total. The first-order chi connectivity index (χ1) is 7.38. The number of aliphatic hydroxyl groups excluding tert-OH is 1.